The Hall–Kier alpha value is -2.83. The van der Waals surface area contributed by atoms with Gasteiger partial charge in [-0.1, -0.05) is 0 Å². The normalized spacial score (nSPS) is 11.7. The second-order valence-electron chi connectivity index (χ2n) is 3.90. The van der Waals surface area contributed by atoms with E-state index < -0.39 is 0 Å². The smallest absolute Gasteiger partial charge is 0.177 e. The number of rotatable bonds is 3. The topological polar surface area (TPSA) is 80.4 Å². The van der Waals surface area contributed by atoms with E-state index >= 15 is 0 Å². The van der Waals surface area contributed by atoms with Crippen molar-refractivity contribution in [2.24, 2.45) is 5.10 Å². The highest BCUT2D eigenvalue weighted by Crippen LogP contribution is 2.05. The third-order valence-electron chi connectivity index (χ3n) is 2.60. The summed E-state index contributed by atoms with van der Waals surface area (Å²) in [5.41, 5.74) is 5.46. The minimum Gasteiger partial charge on any atom is -0.265 e. The fourth-order valence-corrected chi connectivity index (χ4v) is 1.59. The van der Waals surface area contributed by atoms with Crippen molar-refractivity contribution in [2.75, 3.05) is 5.43 Å². The van der Waals surface area contributed by atoms with Gasteiger partial charge in [0.1, 0.15) is 6.33 Å². The minimum absolute atomic E-state index is 0.626. The SMILES string of the molecule is C/C(=N\Nc1ccc2nncn2n1)c1ccncc1. The van der Waals surface area contributed by atoms with Crippen molar-refractivity contribution in [1.82, 2.24) is 24.8 Å². The lowest BCUT2D eigenvalue weighted by atomic mass is 10.2. The highest BCUT2D eigenvalue weighted by molar-refractivity contribution is 5.98. The molecule has 3 aromatic rings. The van der Waals surface area contributed by atoms with Crippen LogP contribution in [0.1, 0.15) is 12.5 Å². The predicted molar refractivity (Wildman–Crippen MR) is 70.9 cm³/mol. The van der Waals surface area contributed by atoms with Crippen molar-refractivity contribution in [3.05, 3.63) is 48.5 Å². The summed E-state index contributed by atoms with van der Waals surface area (Å²) in [5, 5.41) is 16.2. The van der Waals surface area contributed by atoms with Crippen molar-refractivity contribution in [1.29, 1.82) is 0 Å². The maximum Gasteiger partial charge on any atom is 0.177 e. The van der Waals surface area contributed by atoms with E-state index in [1.165, 1.54) is 0 Å². The van der Waals surface area contributed by atoms with Crippen LogP contribution in [0, 0.1) is 0 Å². The molecule has 7 heteroatoms. The first-order chi connectivity index (χ1) is 9.33. The summed E-state index contributed by atoms with van der Waals surface area (Å²) < 4.78 is 1.58. The van der Waals surface area contributed by atoms with E-state index in [1.807, 2.05) is 25.1 Å². The zero-order chi connectivity index (χ0) is 13.1. The van der Waals surface area contributed by atoms with E-state index in [-0.39, 0.29) is 0 Å². The van der Waals surface area contributed by atoms with Gasteiger partial charge in [0, 0.05) is 18.0 Å². The number of nitrogens with one attached hydrogen (secondary N) is 1. The molecule has 3 heterocycles. The minimum atomic E-state index is 0.626. The summed E-state index contributed by atoms with van der Waals surface area (Å²) in [6.45, 7) is 1.92. The second kappa shape index (κ2) is 4.81. The van der Waals surface area contributed by atoms with Crippen LogP contribution in [0.2, 0.25) is 0 Å². The van der Waals surface area contributed by atoms with Gasteiger partial charge in [-0.15, -0.1) is 15.3 Å². The lowest BCUT2D eigenvalue weighted by Gasteiger charge is -2.02. The molecule has 0 amide bonds. The summed E-state index contributed by atoms with van der Waals surface area (Å²) in [4.78, 5) is 3.97. The first kappa shape index (κ1) is 11.3. The van der Waals surface area contributed by atoms with E-state index in [1.54, 1.807) is 29.3 Å². The first-order valence-corrected chi connectivity index (χ1v) is 5.71. The molecule has 1 N–H and O–H groups in total. The van der Waals surface area contributed by atoms with Gasteiger partial charge in [0.15, 0.2) is 11.5 Å². The third-order valence-corrected chi connectivity index (χ3v) is 2.60. The van der Waals surface area contributed by atoms with Gasteiger partial charge >= 0.3 is 0 Å². The molecular formula is C12H11N7. The first-order valence-electron chi connectivity index (χ1n) is 5.71. The lowest BCUT2D eigenvalue weighted by Crippen LogP contribution is -2.02. The van der Waals surface area contributed by atoms with Crippen LogP contribution < -0.4 is 5.43 Å². The molecular weight excluding hydrogens is 242 g/mol. The lowest BCUT2D eigenvalue weighted by molar-refractivity contribution is 0.924. The number of anilines is 1. The van der Waals surface area contributed by atoms with E-state index in [2.05, 4.69) is 30.8 Å². The van der Waals surface area contributed by atoms with Crippen LogP contribution in [0.4, 0.5) is 5.82 Å². The van der Waals surface area contributed by atoms with Gasteiger partial charge < -0.3 is 0 Å². The molecule has 0 radical (unpaired) electrons. The van der Waals surface area contributed by atoms with Gasteiger partial charge in [0.05, 0.1) is 5.71 Å². The van der Waals surface area contributed by atoms with Crippen molar-refractivity contribution < 1.29 is 0 Å². The molecule has 0 unspecified atom stereocenters. The average Bonchev–Trinajstić information content (AvgIpc) is 2.93. The van der Waals surface area contributed by atoms with Crippen LogP contribution in [0.15, 0.2) is 48.1 Å². The Bertz CT molecular complexity index is 717. The fraction of sp³-hybridized carbons (Fsp3) is 0.0833. The van der Waals surface area contributed by atoms with Gasteiger partial charge in [-0.3, -0.25) is 10.4 Å². The molecule has 7 nitrogen and oxygen atoms in total. The summed E-state index contributed by atoms with van der Waals surface area (Å²) in [5.74, 6) is 0.626. The average molecular weight is 253 g/mol. The van der Waals surface area contributed by atoms with Crippen LogP contribution >= 0.6 is 0 Å². The Kier molecular flexibility index (Phi) is 2.85. The van der Waals surface area contributed by atoms with E-state index in [0.29, 0.717) is 11.5 Å². The number of aromatic nitrogens is 5. The summed E-state index contributed by atoms with van der Waals surface area (Å²) in [7, 11) is 0. The highest BCUT2D eigenvalue weighted by atomic mass is 15.4. The van der Waals surface area contributed by atoms with E-state index in [4.69, 9.17) is 0 Å². The molecule has 0 spiro atoms. The Morgan fingerprint density at radius 3 is 2.89 bits per heavy atom. The van der Waals surface area contributed by atoms with Crippen LogP contribution in [0.3, 0.4) is 0 Å². The van der Waals surface area contributed by atoms with Gasteiger partial charge in [-0.25, -0.2) is 0 Å². The molecule has 3 aromatic heterocycles. The summed E-state index contributed by atoms with van der Waals surface area (Å²) in [6, 6.07) is 7.42. The molecule has 0 saturated heterocycles. The molecule has 0 atom stereocenters. The largest absolute Gasteiger partial charge is 0.265 e. The Labute approximate surface area is 109 Å². The summed E-state index contributed by atoms with van der Waals surface area (Å²) >= 11 is 0. The third kappa shape index (κ3) is 2.39. The number of hydrazone groups is 1. The van der Waals surface area contributed by atoms with Crippen LogP contribution in [0.25, 0.3) is 5.65 Å². The number of hydrogen-bond donors (Lipinski definition) is 1. The zero-order valence-electron chi connectivity index (χ0n) is 10.2. The Morgan fingerprint density at radius 2 is 2.05 bits per heavy atom. The standard InChI is InChI=1S/C12H11N7/c1-9(10-4-6-13-7-5-10)15-16-11-2-3-12-17-14-8-19(12)18-11/h2-8H,1H3,(H,16,18)/b15-9+. The molecule has 0 saturated carbocycles. The number of hydrogen-bond acceptors (Lipinski definition) is 6. The van der Waals surface area contributed by atoms with Crippen molar-refractivity contribution in [3.8, 4) is 0 Å². The molecule has 0 aromatic carbocycles. The van der Waals surface area contributed by atoms with Gasteiger partial charge in [-0.2, -0.15) is 9.62 Å². The van der Waals surface area contributed by atoms with Gasteiger partial charge in [-0.05, 0) is 31.2 Å². The maximum atomic E-state index is 4.28. The molecule has 0 aliphatic rings. The van der Waals surface area contributed by atoms with Crippen molar-refractivity contribution in [2.45, 2.75) is 6.92 Å². The Morgan fingerprint density at radius 1 is 1.21 bits per heavy atom. The molecule has 94 valence electrons. The van der Waals surface area contributed by atoms with E-state index in [9.17, 15) is 0 Å². The Balaban J connectivity index is 1.81. The molecule has 0 bridgehead atoms. The van der Waals surface area contributed by atoms with Gasteiger partial charge in [0.2, 0.25) is 0 Å². The monoisotopic (exact) mass is 253 g/mol. The number of fused-ring (bicyclic) bond motifs is 1. The second-order valence-corrected chi connectivity index (χ2v) is 3.90. The van der Waals surface area contributed by atoms with E-state index in [0.717, 1.165) is 11.3 Å². The van der Waals surface area contributed by atoms with Crippen molar-refractivity contribution >= 4 is 17.2 Å². The van der Waals surface area contributed by atoms with Crippen LogP contribution in [-0.4, -0.2) is 30.5 Å². The van der Waals surface area contributed by atoms with Crippen molar-refractivity contribution in [3.63, 3.8) is 0 Å². The molecule has 19 heavy (non-hydrogen) atoms. The molecule has 0 fully saturated rings. The number of pyridine rings is 1. The number of nitrogens with zero attached hydrogens (tertiary/aromatic N) is 6. The molecule has 0 aliphatic carbocycles. The fourth-order valence-electron chi connectivity index (χ4n) is 1.59. The molecule has 3 rings (SSSR count). The van der Waals surface area contributed by atoms with Crippen LogP contribution in [-0.2, 0) is 0 Å². The van der Waals surface area contributed by atoms with Crippen LogP contribution in [0.5, 0.6) is 0 Å². The summed E-state index contributed by atoms with van der Waals surface area (Å²) in [6.07, 6.45) is 5.01. The molecule has 0 aliphatic heterocycles. The van der Waals surface area contributed by atoms with Gasteiger partial charge in [0.25, 0.3) is 0 Å². The highest BCUT2D eigenvalue weighted by Gasteiger charge is 1.99. The maximum absolute atomic E-state index is 4.28. The quantitative estimate of drug-likeness (QED) is 0.563. The zero-order valence-corrected chi connectivity index (χ0v) is 10.2. The predicted octanol–water partition coefficient (Wildman–Crippen LogP) is 1.36.